The Morgan fingerprint density at radius 2 is 2.15 bits per heavy atom. The number of fused-ring (bicyclic) bond motifs is 1. The Morgan fingerprint density at radius 1 is 1.35 bits per heavy atom. The minimum Gasteiger partial charge on any atom is -0.381 e. The van der Waals surface area contributed by atoms with Crippen LogP contribution in [0.25, 0.3) is 11.0 Å². The number of nitrogens with zero attached hydrogens (tertiary/aromatic N) is 3. The topological polar surface area (TPSA) is 50.8 Å². The molecule has 0 N–H and O–H groups in total. The highest BCUT2D eigenvalue weighted by atomic mass is 16.5. The Bertz CT molecular complexity index is 622. The van der Waals surface area contributed by atoms with E-state index in [1.54, 1.807) is 0 Å². The largest absolute Gasteiger partial charge is 0.381 e. The van der Waals surface area contributed by atoms with Crippen LogP contribution >= 0.6 is 0 Å². The van der Waals surface area contributed by atoms with Gasteiger partial charge in [0, 0.05) is 19.1 Å². The second-order valence-corrected chi connectivity index (χ2v) is 5.17. The van der Waals surface area contributed by atoms with E-state index in [2.05, 4.69) is 36.4 Å². The summed E-state index contributed by atoms with van der Waals surface area (Å²) in [5.41, 5.74) is 2.63. The number of imidazole rings is 1. The Balaban J connectivity index is 2.32. The molecule has 0 fully saturated rings. The highest BCUT2D eigenvalue weighted by Gasteiger charge is 2.13. The average Bonchev–Trinajstić information content (AvgIpc) is 2.80. The van der Waals surface area contributed by atoms with Crippen molar-refractivity contribution in [3.05, 3.63) is 29.6 Å². The molecule has 0 unspecified atom stereocenters. The number of aromatic nitrogens is 2. The first-order chi connectivity index (χ1) is 9.67. The lowest BCUT2D eigenvalue weighted by atomic mass is 10.2. The number of rotatable bonds is 6. The number of benzene rings is 1. The van der Waals surface area contributed by atoms with Crippen LogP contribution in [-0.2, 0) is 11.2 Å². The summed E-state index contributed by atoms with van der Waals surface area (Å²) in [6, 6.07) is 8.19. The molecule has 106 valence electrons. The molecule has 1 aromatic carbocycles. The minimum absolute atomic E-state index is 0.342. The van der Waals surface area contributed by atoms with Gasteiger partial charge < -0.3 is 9.30 Å². The fraction of sp³-hybridized carbons (Fsp3) is 0.500. The molecule has 0 aliphatic rings. The van der Waals surface area contributed by atoms with E-state index in [1.165, 1.54) is 0 Å². The molecule has 0 saturated carbocycles. The van der Waals surface area contributed by atoms with Gasteiger partial charge in [-0.15, -0.1) is 0 Å². The molecule has 0 aliphatic carbocycles. The predicted octanol–water partition coefficient (Wildman–Crippen LogP) is 3.46. The number of hydrogen-bond acceptors (Lipinski definition) is 3. The Labute approximate surface area is 120 Å². The van der Waals surface area contributed by atoms with E-state index in [1.807, 2.05) is 18.2 Å². The first kappa shape index (κ1) is 14.5. The quantitative estimate of drug-likeness (QED) is 0.756. The van der Waals surface area contributed by atoms with Gasteiger partial charge in [0.05, 0.1) is 29.3 Å². The molecule has 2 rings (SSSR count). The van der Waals surface area contributed by atoms with Crippen LogP contribution in [0.3, 0.4) is 0 Å². The van der Waals surface area contributed by atoms with Gasteiger partial charge in [-0.25, -0.2) is 4.98 Å². The van der Waals surface area contributed by atoms with Crippen molar-refractivity contribution in [3.8, 4) is 6.07 Å². The number of ether oxygens (including phenoxy) is 1. The molecular weight excluding hydrogens is 250 g/mol. The zero-order valence-corrected chi connectivity index (χ0v) is 12.4. The van der Waals surface area contributed by atoms with Crippen molar-refractivity contribution in [2.45, 2.75) is 39.7 Å². The molecular formula is C16H21N3O. The first-order valence-corrected chi connectivity index (χ1v) is 7.16. The lowest BCUT2D eigenvalue weighted by Crippen LogP contribution is -2.09. The van der Waals surface area contributed by atoms with Gasteiger partial charge in [-0.05, 0) is 38.5 Å². The van der Waals surface area contributed by atoms with Gasteiger partial charge in [-0.2, -0.15) is 5.26 Å². The van der Waals surface area contributed by atoms with Crippen LogP contribution in [0.15, 0.2) is 18.2 Å². The maximum absolute atomic E-state index is 8.98. The van der Waals surface area contributed by atoms with Crippen LogP contribution in [0.4, 0.5) is 0 Å². The number of hydrogen-bond donors (Lipinski definition) is 0. The SMILES string of the molecule is CCCOCCc1nc2cc(C#N)ccc2n1C(C)C. The van der Waals surface area contributed by atoms with Crippen molar-refractivity contribution < 1.29 is 4.74 Å². The van der Waals surface area contributed by atoms with E-state index < -0.39 is 0 Å². The normalized spacial score (nSPS) is 11.2. The molecule has 20 heavy (non-hydrogen) atoms. The van der Waals surface area contributed by atoms with Crippen molar-refractivity contribution in [1.29, 1.82) is 5.26 Å². The van der Waals surface area contributed by atoms with Gasteiger partial charge in [0.25, 0.3) is 0 Å². The fourth-order valence-electron chi connectivity index (χ4n) is 2.38. The van der Waals surface area contributed by atoms with Crippen molar-refractivity contribution in [1.82, 2.24) is 9.55 Å². The molecule has 0 spiro atoms. The molecule has 0 amide bonds. The van der Waals surface area contributed by atoms with E-state index >= 15 is 0 Å². The molecule has 4 heteroatoms. The standard InChI is InChI=1S/C16H21N3O/c1-4-8-20-9-7-16-18-14-10-13(11-17)5-6-15(14)19(16)12(2)3/h5-6,10,12H,4,7-9H2,1-3H3. The third-order valence-electron chi connectivity index (χ3n) is 3.23. The Hall–Kier alpha value is -1.86. The second kappa shape index (κ2) is 6.53. The summed E-state index contributed by atoms with van der Waals surface area (Å²) in [6.45, 7) is 7.88. The molecule has 0 bridgehead atoms. The van der Waals surface area contributed by atoms with Crippen LogP contribution < -0.4 is 0 Å². The third kappa shape index (κ3) is 3.00. The van der Waals surface area contributed by atoms with Crippen LogP contribution in [-0.4, -0.2) is 22.8 Å². The molecule has 0 saturated heterocycles. The maximum atomic E-state index is 8.98. The zero-order chi connectivity index (χ0) is 14.5. The summed E-state index contributed by atoms with van der Waals surface area (Å²) in [6.07, 6.45) is 1.83. The molecule has 0 aliphatic heterocycles. The Morgan fingerprint density at radius 3 is 2.80 bits per heavy atom. The molecule has 1 heterocycles. The van der Waals surface area contributed by atoms with Crippen molar-refractivity contribution >= 4 is 11.0 Å². The highest BCUT2D eigenvalue weighted by molar-refractivity contribution is 5.78. The van der Waals surface area contributed by atoms with Gasteiger partial charge in [-0.3, -0.25) is 0 Å². The molecule has 4 nitrogen and oxygen atoms in total. The van der Waals surface area contributed by atoms with Gasteiger partial charge in [0.2, 0.25) is 0 Å². The van der Waals surface area contributed by atoms with Crippen LogP contribution in [0, 0.1) is 11.3 Å². The molecule has 0 radical (unpaired) electrons. The van der Waals surface area contributed by atoms with E-state index in [0.717, 1.165) is 36.3 Å². The van der Waals surface area contributed by atoms with Gasteiger partial charge in [-0.1, -0.05) is 6.92 Å². The minimum atomic E-state index is 0.342. The monoisotopic (exact) mass is 271 g/mol. The van der Waals surface area contributed by atoms with Gasteiger partial charge >= 0.3 is 0 Å². The average molecular weight is 271 g/mol. The third-order valence-corrected chi connectivity index (χ3v) is 3.23. The Kier molecular flexibility index (Phi) is 4.75. The fourth-order valence-corrected chi connectivity index (χ4v) is 2.38. The van der Waals surface area contributed by atoms with Gasteiger partial charge in [0.1, 0.15) is 5.82 Å². The second-order valence-electron chi connectivity index (χ2n) is 5.17. The van der Waals surface area contributed by atoms with Crippen molar-refractivity contribution in [2.75, 3.05) is 13.2 Å². The molecule has 0 atom stereocenters. The van der Waals surface area contributed by atoms with E-state index in [0.29, 0.717) is 18.2 Å². The summed E-state index contributed by atoms with van der Waals surface area (Å²) in [4.78, 5) is 4.67. The molecule has 2 aromatic rings. The van der Waals surface area contributed by atoms with Gasteiger partial charge in [0.15, 0.2) is 0 Å². The molecule has 1 aromatic heterocycles. The van der Waals surface area contributed by atoms with Crippen molar-refractivity contribution in [3.63, 3.8) is 0 Å². The smallest absolute Gasteiger partial charge is 0.112 e. The lowest BCUT2D eigenvalue weighted by molar-refractivity contribution is 0.136. The predicted molar refractivity (Wildman–Crippen MR) is 79.6 cm³/mol. The summed E-state index contributed by atoms with van der Waals surface area (Å²) < 4.78 is 7.78. The summed E-state index contributed by atoms with van der Waals surface area (Å²) in [5.74, 6) is 1.03. The zero-order valence-electron chi connectivity index (χ0n) is 12.4. The number of nitriles is 1. The van der Waals surface area contributed by atoms with Crippen LogP contribution in [0.2, 0.25) is 0 Å². The summed E-state index contributed by atoms with van der Waals surface area (Å²) in [7, 11) is 0. The highest BCUT2D eigenvalue weighted by Crippen LogP contribution is 2.22. The maximum Gasteiger partial charge on any atom is 0.112 e. The lowest BCUT2D eigenvalue weighted by Gasteiger charge is -2.13. The van der Waals surface area contributed by atoms with Crippen LogP contribution in [0.5, 0.6) is 0 Å². The van der Waals surface area contributed by atoms with Crippen LogP contribution in [0.1, 0.15) is 44.6 Å². The summed E-state index contributed by atoms with van der Waals surface area (Å²) >= 11 is 0. The van der Waals surface area contributed by atoms with Crippen molar-refractivity contribution in [2.24, 2.45) is 0 Å². The van der Waals surface area contributed by atoms with E-state index in [4.69, 9.17) is 10.00 Å². The summed E-state index contributed by atoms with van der Waals surface area (Å²) in [5, 5.41) is 8.98. The van der Waals surface area contributed by atoms with E-state index in [-0.39, 0.29) is 0 Å². The van der Waals surface area contributed by atoms with E-state index in [9.17, 15) is 0 Å². The first-order valence-electron chi connectivity index (χ1n) is 7.16.